The third-order valence-electron chi connectivity index (χ3n) is 6.90. The third-order valence-corrected chi connectivity index (χ3v) is 6.90. The maximum atomic E-state index is 13.1. The summed E-state index contributed by atoms with van der Waals surface area (Å²) in [5.74, 6) is 0.291. The van der Waals surface area contributed by atoms with Crippen LogP contribution in [0.5, 0.6) is 0 Å². The number of carbonyl (C=O) groups is 1. The molecule has 30 heavy (non-hydrogen) atoms. The summed E-state index contributed by atoms with van der Waals surface area (Å²) < 4.78 is 8.09. The van der Waals surface area contributed by atoms with Crippen molar-refractivity contribution in [2.75, 3.05) is 39.3 Å². The molecule has 3 heterocycles. The van der Waals surface area contributed by atoms with Gasteiger partial charge in [0.15, 0.2) is 0 Å². The minimum atomic E-state index is 0.291. The first-order valence-corrected chi connectivity index (χ1v) is 11.5. The van der Waals surface area contributed by atoms with Gasteiger partial charge in [0.05, 0.1) is 6.10 Å². The molecule has 2 N–H and O–H groups in total. The van der Waals surface area contributed by atoms with Crippen LogP contribution in [0.25, 0.3) is 0 Å². The lowest BCUT2D eigenvalue weighted by Gasteiger charge is -2.29. The van der Waals surface area contributed by atoms with E-state index in [9.17, 15) is 4.79 Å². The number of piperazine rings is 1. The van der Waals surface area contributed by atoms with E-state index in [2.05, 4.69) is 55.7 Å². The van der Waals surface area contributed by atoms with Gasteiger partial charge in [0.25, 0.3) is 0 Å². The summed E-state index contributed by atoms with van der Waals surface area (Å²) in [4.78, 5) is 16.1. The zero-order valence-electron chi connectivity index (χ0n) is 18.8. The molecule has 0 spiro atoms. The number of aromatic nitrogens is 1. The van der Waals surface area contributed by atoms with E-state index in [0.717, 1.165) is 70.0 Å². The van der Waals surface area contributed by atoms with Gasteiger partial charge in [-0.2, -0.15) is 0 Å². The predicted molar refractivity (Wildman–Crippen MR) is 118 cm³/mol. The largest absolute Gasteiger partial charge is 0.376 e. The number of nitrogens with zero attached hydrogens (tertiary/aromatic N) is 1. The molecule has 1 aromatic heterocycles. The topological polar surface area (TPSA) is 40.1 Å². The minimum absolute atomic E-state index is 0.291. The highest BCUT2D eigenvalue weighted by Gasteiger charge is 2.27. The zero-order chi connectivity index (χ0) is 21.1. The average molecular weight is 412 g/mol. The molecule has 162 valence electrons. The normalized spacial score (nSPS) is 24.3. The zero-order valence-corrected chi connectivity index (χ0v) is 18.8. The second-order valence-electron chi connectivity index (χ2n) is 9.30. The van der Waals surface area contributed by atoms with Crippen LogP contribution in [0.1, 0.15) is 45.7 Å². The van der Waals surface area contributed by atoms with E-state index >= 15 is 0 Å². The van der Waals surface area contributed by atoms with Crippen LogP contribution in [-0.4, -0.2) is 55.8 Å². The molecule has 1 atom stereocenters. The number of ether oxygens (including phenoxy) is 1. The van der Waals surface area contributed by atoms with E-state index in [1.54, 1.807) is 4.90 Å². The summed E-state index contributed by atoms with van der Waals surface area (Å²) in [6, 6.07) is 10.9. The van der Waals surface area contributed by atoms with Crippen molar-refractivity contribution in [3.05, 3.63) is 58.4 Å². The molecular weight excluding hydrogens is 374 g/mol. The summed E-state index contributed by atoms with van der Waals surface area (Å²) >= 11 is 0. The number of rotatable bonds is 7. The smallest absolute Gasteiger partial charge is 0.218 e. The van der Waals surface area contributed by atoms with Gasteiger partial charge in [0.2, 0.25) is 5.78 Å². The molecule has 0 aliphatic carbocycles. The van der Waals surface area contributed by atoms with Gasteiger partial charge in [0.1, 0.15) is 39.3 Å². The Balaban J connectivity index is 1.30. The van der Waals surface area contributed by atoms with E-state index in [1.807, 2.05) is 0 Å². The number of ketones is 1. The van der Waals surface area contributed by atoms with Gasteiger partial charge in [-0.1, -0.05) is 29.8 Å². The maximum absolute atomic E-state index is 13.1. The fourth-order valence-electron chi connectivity index (χ4n) is 5.10. The molecule has 0 saturated carbocycles. The second kappa shape index (κ2) is 9.46. The molecule has 2 fully saturated rings. The number of quaternary nitrogens is 2. The van der Waals surface area contributed by atoms with E-state index in [-0.39, 0.29) is 0 Å². The van der Waals surface area contributed by atoms with Crippen LogP contribution >= 0.6 is 0 Å². The van der Waals surface area contributed by atoms with Gasteiger partial charge in [0, 0.05) is 35.7 Å². The molecule has 5 heteroatoms. The molecule has 0 unspecified atom stereocenters. The molecule has 0 bridgehead atoms. The molecule has 0 amide bonds. The molecule has 2 aromatic rings. The first-order chi connectivity index (χ1) is 14.5. The van der Waals surface area contributed by atoms with Crippen LogP contribution in [-0.2, 0) is 17.8 Å². The molecule has 5 nitrogen and oxygen atoms in total. The fraction of sp³-hybridized carbons (Fsp3) is 0.560. The molecule has 0 radical (unpaired) electrons. The number of aryl methyl sites for hydroxylation is 2. The fourth-order valence-corrected chi connectivity index (χ4v) is 5.10. The van der Waals surface area contributed by atoms with Gasteiger partial charge in [-0.25, -0.2) is 0 Å². The van der Waals surface area contributed by atoms with Crippen molar-refractivity contribution < 1.29 is 19.3 Å². The number of carbonyl (C=O) groups excluding carboxylic acids is 1. The number of hydrogen-bond donors (Lipinski definition) is 2. The Hall–Kier alpha value is -1.95. The number of Topliss-reactive ketones (excluding diaryl/α,β-unsaturated/α-hetero) is 1. The van der Waals surface area contributed by atoms with Crippen LogP contribution < -0.4 is 9.80 Å². The number of nitrogens with one attached hydrogen (secondary N) is 2. The maximum Gasteiger partial charge on any atom is 0.218 e. The Labute approximate surface area is 180 Å². The van der Waals surface area contributed by atoms with E-state index in [0.29, 0.717) is 18.4 Å². The molecule has 2 saturated heterocycles. The van der Waals surface area contributed by atoms with Crippen LogP contribution in [0, 0.1) is 20.8 Å². The van der Waals surface area contributed by atoms with Crippen LogP contribution in [0.3, 0.4) is 0 Å². The van der Waals surface area contributed by atoms with Crippen LogP contribution in [0.2, 0.25) is 0 Å². The van der Waals surface area contributed by atoms with Crippen LogP contribution in [0.4, 0.5) is 0 Å². The van der Waals surface area contributed by atoms with Crippen molar-refractivity contribution >= 4 is 5.78 Å². The van der Waals surface area contributed by atoms with E-state index in [1.165, 1.54) is 21.7 Å². The van der Waals surface area contributed by atoms with Gasteiger partial charge in [-0.15, -0.1) is 0 Å². The first kappa shape index (κ1) is 21.3. The predicted octanol–water partition coefficient (Wildman–Crippen LogP) is 0.759. The summed E-state index contributed by atoms with van der Waals surface area (Å²) in [6.07, 6.45) is 2.57. The van der Waals surface area contributed by atoms with Gasteiger partial charge < -0.3 is 19.1 Å². The quantitative estimate of drug-likeness (QED) is 0.661. The minimum Gasteiger partial charge on any atom is -0.376 e. The molecule has 1 aromatic carbocycles. The lowest BCUT2D eigenvalue weighted by Crippen LogP contribution is -3.27. The number of hydrogen-bond acceptors (Lipinski definition) is 2. The van der Waals surface area contributed by atoms with E-state index in [4.69, 9.17) is 4.74 Å². The highest BCUT2D eigenvalue weighted by molar-refractivity contribution is 5.98. The van der Waals surface area contributed by atoms with Gasteiger partial charge >= 0.3 is 0 Å². The van der Waals surface area contributed by atoms with Crippen LogP contribution in [0.15, 0.2) is 30.3 Å². The highest BCUT2D eigenvalue weighted by Crippen LogP contribution is 2.20. The molecular formula is C25H37N3O2+2. The van der Waals surface area contributed by atoms with Crippen molar-refractivity contribution in [1.82, 2.24) is 4.57 Å². The van der Waals surface area contributed by atoms with Gasteiger partial charge in [-0.3, -0.25) is 4.79 Å². The number of benzene rings is 1. The monoisotopic (exact) mass is 411 g/mol. The SMILES string of the molecule is Cc1cccc(C[NH+]2CC[NH+](CC(=O)c3cc(C)n(C[C@@H]4CCCO4)c3C)CC2)c1. The summed E-state index contributed by atoms with van der Waals surface area (Å²) in [6.45, 7) is 14.2. The Kier molecular flexibility index (Phi) is 6.71. The Morgan fingerprint density at radius 3 is 2.57 bits per heavy atom. The van der Waals surface area contributed by atoms with Crippen molar-refractivity contribution in [3.8, 4) is 0 Å². The Morgan fingerprint density at radius 2 is 1.87 bits per heavy atom. The standard InChI is InChI=1S/C25H35N3O2/c1-19-6-4-7-22(14-19)16-26-9-11-27(12-10-26)18-25(29)24-15-20(2)28(21(24)3)17-23-8-5-13-30-23/h4,6-7,14-15,23H,5,8-13,16-18H2,1-3H3/p+2/t23-/m0/s1. The third kappa shape index (κ3) is 5.02. The van der Waals surface area contributed by atoms with Crippen molar-refractivity contribution in [1.29, 1.82) is 0 Å². The lowest BCUT2D eigenvalue weighted by atomic mass is 10.1. The summed E-state index contributed by atoms with van der Waals surface area (Å²) in [5, 5.41) is 0. The average Bonchev–Trinajstić information content (AvgIpc) is 3.33. The molecule has 2 aliphatic rings. The lowest BCUT2D eigenvalue weighted by molar-refractivity contribution is -1.01. The van der Waals surface area contributed by atoms with Crippen molar-refractivity contribution in [2.45, 2.75) is 52.8 Å². The Bertz CT molecular complexity index is 875. The molecule has 4 rings (SSSR count). The van der Waals surface area contributed by atoms with Crippen molar-refractivity contribution in [2.24, 2.45) is 0 Å². The van der Waals surface area contributed by atoms with Crippen molar-refractivity contribution in [3.63, 3.8) is 0 Å². The summed E-state index contributed by atoms with van der Waals surface area (Å²) in [7, 11) is 0. The van der Waals surface area contributed by atoms with E-state index < -0.39 is 0 Å². The highest BCUT2D eigenvalue weighted by atomic mass is 16.5. The molecule has 2 aliphatic heterocycles. The first-order valence-electron chi connectivity index (χ1n) is 11.5. The Morgan fingerprint density at radius 1 is 1.10 bits per heavy atom. The second-order valence-corrected chi connectivity index (χ2v) is 9.30. The summed E-state index contributed by atoms with van der Waals surface area (Å²) in [5.41, 5.74) is 5.94. The van der Waals surface area contributed by atoms with Gasteiger partial charge in [-0.05, 0) is 39.7 Å².